The molecule has 1 amide bonds. The van der Waals surface area contributed by atoms with E-state index >= 15 is 0 Å². The van der Waals surface area contributed by atoms with Crippen molar-refractivity contribution in [3.63, 3.8) is 0 Å². The number of carbonyl (C=O) groups excluding carboxylic acids is 1. The van der Waals surface area contributed by atoms with Crippen LogP contribution in [0.1, 0.15) is 44.2 Å². The predicted molar refractivity (Wildman–Crippen MR) is 82.5 cm³/mol. The number of carbonyl (C=O) groups is 1. The molecule has 0 saturated carbocycles. The molecule has 0 aliphatic carbocycles. The highest BCUT2D eigenvalue weighted by Crippen LogP contribution is 2.17. The molecule has 0 unspecified atom stereocenters. The van der Waals surface area contributed by atoms with E-state index in [9.17, 15) is 4.79 Å². The first kappa shape index (κ1) is 16.3. The molecule has 0 heterocycles. The minimum absolute atomic E-state index is 0.0211. The minimum Gasteiger partial charge on any atom is -0.395 e. The SMILES string of the molecule is Cc1ccc(NC(=O)CCC(C)C)c(C#CCCO)c1. The van der Waals surface area contributed by atoms with Crippen LogP contribution in [0.25, 0.3) is 0 Å². The van der Waals surface area contributed by atoms with E-state index in [2.05, 4.69) is 31.0 Å². The molecule has 0 spiro atoms. The van der Waals surface area contributed by atoms with E-state index < -0.39 is 0 Å². The lowest BCUT2D eigenvalue weighted by molar-refractivity contribution is -0.116. The molecule has 0 atom stereocenters. The van der Waals surface area contributed by atoms with Gasteiger partial charge < -0.3 is 10.4 Å². The zero-order valence-corrected chi connectivity index (χ0v) is 12.5. The van der Waals surface area contributed by atoms with Crippen molar-refractivity contribution in [1.29, 1.82) is 0 Å². The highest BCUT2D eigenvalue weighted by molar-refractivity contribution is 5.92. The van der Waals surface area contributed by atoms with Crippen LogP contribution in [0.2, 0.25) is 0 Å². The number of aryl methyl sites for hydroxylation is 1. The Balaban J connectivity index is 2.79. The number of hydrogen-bond donors (Lipinski definition) is 2. The lowest BCUT2D eigenvalue weighted by Crippen LogP contribution is -2.13. The number of anilines is 1. The Bertz CT molecular complexity index is 509. The Morgan fingerprint density at radius 1 is 1.40 bits per heavy atom. The third-order valence-electron chi connectivity index (χ3n) is 2.86. The normalized spacial score (nSPS) is 10.1. The Hall–Kier alpha value is -1.79. The maximum absolute atomic E-state index is 11.9. The molecule has 20 heavy (non-hydrogen) atoms. The van der Waals surface area contributed by atoms with Gasteiger partial charge in [-0.3, -0.25) is 4.79 Å². The first-order valence-corrected chi connectivity index (χ1v) is 7.03. The van der Waals surface area contributed by atoms with Crippen molar-refractivity contribution < 1.29 is 9.90 Å². The Morgan fingerprint density at radius 2 is 2.15 bits per heavy atom. The van der Waals surface area contributed by atoms with E-state index in [1.807, 2.05) is 25.1 Å². The van der Waals surface area contributed by atoms with Crippen LogP contribution >= 0.6 is 0 Å². The Labute approximate surface area is 121 Å². The lowest BCUT2D eigenvalue weighted by atomic mass is 10.1. The largest absolute Gasteiger partial charge is 0.395 e. The zero-order chi connectivity index (χ0) is 15.0. The summed E-state index contributed by atoms with van der Waals surface area (Å²) in [5, 5.41) is 11.7. The summed E-state index contributed by atoms with van der Waals surface area (Å²) in [6.07, 6.45) is 1.84. The molecule has 0 fully saturated rings. The fourth-order valence-corrected chi connectivity index (χ4v) is 1.72. The van der Waals surface area contributed by atoms with Crippen LogP contribution in [-0.4, -0.2) is 17.6 Å². The molecule has 1 aromatic carbocycles. The third kappa shape index (κ3) is 5.90. The van der Waals surface area contributed by atoms with Crippen molar-refractivity contribution in [2.75, 3.05) is 11.9 Å². The van der Waals surface area contributed by atoms with Gasteiger partial charge in [0.15, 0.2) is 0 Å². The fraction of sp³-hybridized carbons (Fsp3) is 0.471. The quantitative estimate of drug-likeness (QED) is 0.810. The van der Waals surface area contributed by atoms with E-state index in [4.69, 9.17) is 5.11 Å². The molecule has 2 N–H and O–H groups in total. The van der Waals surface area contributed by atoms with Gasteiger partial charge in [0.1, 0.15) is 0 Å². The summed E-state index contributed by atoms with van der Waals surface area (Å²) < 4.78 is 0. The van der Waals surface area contributed by atoms with Gasteiger partial charge in [-0.05, 0) is 37.0 Å². The van der Waals surface area contributed by atoms with Crippen LogP contribution in [-0.2, 0) is 4.79 Å². The molecule has 0 saturated heterocycles. The molecule has 1 rings (SSSR count). The number of aliphatic hydroxyl groups is 1. The highest BCUT2D eigenvalue weighted by atomic mass is 16.2. The van der Waals surface area contributed by atoms with Gasteiger partial charge in [-0.2, -0.15) is 0 Å². The number of amides is 1. The zero-order valence-electron chi connectivity index (χ0n) is 12.5. The summed E-state index contributed by atoms with van der Waals surface area (Å²) in [4.78, 5) is 11.9. The Kier molecular flexibility index (Phi) is 6.83. The number of hydrogen-bond acceptors (Lipinski definition) is 2. The van der Waals surface area contributed by atoms with E-state index in [1.54, 1.807) is 0 Å². The average Bonchev–Trinajstić information content (AvgIpc) is 2.39. The molecular formula is C17H23NO2. The monoisotopic (exact) mass is 273 g/mol. The highest BCUT2D eigenvalue weighted by Gasteiger charge is 2.07. The van der Waals surface area contributed by atoms with Crippen LogP contribution < -0.4 is 5.32 Å². The van der Waals surface area contributed by atoms with Crippen molar-refractivity contribution >= 4 is 11.6 Å². The molecule has 0 bridgehead atoms. The smallest absolute Gasteiger partial charge is 0.224 e. The van der Waals surface area contributed by atoms with Crippen molar-refractivity contribution in [3.05, 3.63) is 29.3 Å². The van der Waals surface area contributed by atoms with Crippen LogP contribution in [0.4, 0.5) is 5.69 Å². The lowest BCUT2D eigenvalue weighted by Gasteiger charge is -2.09. The van der Waals surface area contributed by atoms with Crippen molar-refractivity contribution in [2.24, 2.45) is 5.92 Å². The van der Waals surface area contributed by atoms with Gasteiger partial charge in [0.2, 0.25) is 5.91 Å². The number of benzene rings is 1. The summed E-state index contributed by atoms with van der Waals surface area (Å²) in [6.45, 7) is 6.24. The van der Waals surface area contributed by atoms with Crippen LogP contribution in [0, 0.1) is 24.7 Å². The molecule has 3 heteroatoms. The first-order valence-electron chi connectivity index (χ1n) is 7.03. The van der Waals surface area contributed by atoms with Crippen molar-refractivity contribution in [1.82, 2.24) is 0 Å². The summed E-state index contributed by atoms with van der Waals surface area (Å²) in [5.74, 6) is 6.43. The first-order chi connectivity index (χ1) is 9.52. The average molecular weight is 273 g/mol. The van der Waals surface area contributed by atoms with Crippen molar-refractivity contribution in [3.8, 4) is 11.8 Å². The van der Waals surface area contributed by atoms with Gasteiger partial charge in [-0.25, -0.2) is 0 Å². The van der Waals surface area contributed by atoms with E-state index in [0.717, 1.165) is 23.2 Å². The van der Waals surface area contributed by atoms with Gasteiger partial charge in [0, 0.05) is 18.4 Å². The maximum Gasteiger partial charge on any atom is 0.224 e. The van der Waals surface area contributed by atoms with E-state index in [1.165, 1.54) is 0 Å². The summed E-state index contributed by atoms with van der Waals surface area (Å²) >= 11 is 0. The fourth-order valence-electron chi connectivity index (χ4n) is 1.72. The van der Waals surface area contributed by atoms with Crippen LogP contribution in [0.15, 0.2) is 18.2 Å². The topological polar surface area (TPSA) is 49.3 Å². The summed E-state index contributed by atoms with van der Waals surface area (Å²) in [5.41, 5.74) is 2.64. The molecule has 0 radical (unpaired) electrons. The molecule has 108 valence electrons. The molecule has 3 nitrogen and oxygen atoms in total. The summed E-state index contributed by atoms with van der Waals surface area (Å²) in [7, 11) is 0. The van der Waals surface area contributed by atoms with E-state index in [-0.39, 0.29) is 12.5 Å². The molecule has 0 aliphatic heterocycles. The number of rotatable bonds is 5. The van der Waals surface area contributed by atoms with Crippen molar-refractivity contribution in [2.45, 2.75) is 40.0 Å². The third-order valence-corrected chi connectivity index (χ3v) is 2.86. The van der Waals surface area contributed by atoms with Crippen LogP contribution in [0.5, 0.6) is 0 Å². The van der Waals surface area contributed by atoms with Gasteiger partial charge in [0.05, 0.1) is 12.3 Å². The predicted octanol–water partition coefficient (Wildman–Crippen LogP) is 3.10. The van der Waals surface area contributed by atoms with Gasteiger partial charge in [-0.15, -0.1) is 0 Å². The van der Waals surface area contributed by atoms with Crippen LogP contribution in [0.3, 0.4) is 0 Å². The van der Waals surface area contributed by atoms with Gasteiger partial charge >= 0.3 is 0 Å². The second-order valence-corrected chi connectivity index (χ2v) is 5.31. The molecule has 0 aromatic heterocycles. The summed E-state index contributed by atoms with van der Waals surface area (Å²) in [6, 6.07) is 5.78. The maximum atomic E-state index is 11.9. The second kappa shape index (κ2) is 8.39. The van der Waals surface area contributed by atoms with Gasteiger partial charge in [-0.1, -0.05) is 31.8 Å². The second-order valence-electron chi connectivity index (χ2n) is 5.31. The molecule has 0 aliphatic rings. The van der Waals surface area contributed by atoms with Gasteiger partial charge in [0.25, 0.3) is 0 Å². The number of aliphatic hydroxyl groups excluding tert-OH is 1. The molecule has 1 aromatic rings. The van der Waals surface area contributed by atoms with E-state index in [0.29, 0.717) is 18.8 Å². The minimum atomic E-state index is 0.0211. The number of nitrogens with one attached hydrogen (secondary N) is 1. The molecular weight excluding hydrogens is 250 g/mol. The Morgan fingerprint density at radius 3 is 2.80 bits per heavy atom. The standard InChI is InChI=1S/C17H23NO2/c1-13(2)7-10-17(20)18-16-9-8-14(3)12-15(16)6-4-5-11-19/h8-9,12-13,19H,5,7,10-11H2,1-3H3,(H,18,20).